The van der Waals surface area contributed by atoms with Crippen LogP contribution < -0.4 is 14.8 Å². The monoisotopic (exact) mass is 359 g/mol. The average molecular weight is 360 g/mol. The molecule has 25 heavy (non-hydrogen) atoms. The smallest absolute Gasteiger partial charge is 0.227 e. The maximum atomic E-state index is 12.6. The zero-order valence-electron chi connectivity index (χ0n) is 14.2. The molecule has 0 saturated heterocycles. The van der Waals surface area contributed by atoms with E-state index < -0.39 is 0 Å². The second-order valence-corrected chi connectivity index (χ2v) is 6.62. The van der Waals surface area contributed by atoms with Crippen LogP contribution in [0.5, 0.6) is 11.5 Å². The number of methoxy groups -OCH3 is 1. The van der Waals surface area contributed by atoms with Gasteiger partial charge in [0.1, 0.15) is 18.1 Å². The third-order valence-electron chi connectivity index (χ3n) is 4.33. The second-order valence-electron chi connectivity index (χ2n) is 6.18. The van der Waals surface area contributed by atoms with E-state index in [0.29, 0.717) is 24.1 Å². The Kier molecular flexibility index (Phi) is 5.82. The van der Waals surface area contributed by atoms with Crippen LogP contribution in [0.2, 0.25) is 5.02 Å². The largest absolute Gasteiger partial charge is 0.497 e. The van der Waals surface area contributed by atoms with Crippen LogP contribution in [0, 0.1) is 5.92 Å². The van der Waals surface area contributed by atoms with E-state index in [1.807, 2.05) is 48.5 Å². The summed E-state index contributed by atoms with van der Waals surface area (Å²) in [5, 5.41) is 3.68. The number of ether oxygens (including phenoxy) is 2. The summed E-state index contributed by atoms with van der Waals surface area (Å²) in [6.45, 7) is 0.901. The highest BCUT2D eigenvalue weighted by molar-refractivity contribution is 6.30. The molecule has 1 N–H and O–H groups in total. The Morgan fingerprint density at radius 3 is 2.36 bits per heavy atom. The molecule has 1 fully saturated rings. The van der Waals surface area contributed by atoms with Crippen molar-refractivity contribution in [3.8, 4) is 11.5 Å². The van der Waals surface area contributed by atoms with Crippen molar-refractivity contribution in [3.63, 3.8) is 0 Å². The number of carbonyl (C=O) groups excluding carboxylic acids is 1. The van der Waals surface area contributed by atoms with Gasteiger partial charge in [0.25, 0.3) is 0 Å². The summed E-state index contributed by atoms with van der Waals surface area (Å²) >= 11 is 5.95. The van der Waals surface area contributed by atoms with Crippen molar-refractivity contribution in [3.05, 3.63) is 59.1 Å². The van der Waals surface area contributed by atoms with E-state index in [2.05, 4.69) is 5.32 Å². The lowest BCUT2D eigenvalue weighted by molar-refractivity contribution is -0.123. The van der Waals surface area contributed by atoms with Gasteiger partial charge in [-0.3, -0.25) is 4.79 Å². The van der Waals surface area contributed by atoms with Crippen LogP contribution in [0.15, 0.2) is 48.5 Å². The number of amides is 1. The van der Waals surface area contributed by atoms with Gasteiger partial charge in [0.2, 0.25) is 5.91 Å². The van der Waals surface area contributed by atoms with Crippen molar-refractivity contribution in [2.45, 2.75) is 18.8 Å². The molecule has 0 heterocycles. The minimum atomic E-state index is -0.0988. The molecule has 0 spiro atoms. The number of rotatable bonds is 8. The molecule has 0 aliphatic heterocycles. The van der Waals surface area contributed by atoms with E-state index >= 15 is 0 Å². The molecular weight excluding hydrogens is 338 g/mol. The summed E-state index contributed by atoms with van der Waals surface area (Å²) in [7, 11) is 1.63. The maximum absolute atomic E-state index is 12.6. The Balaban J connectivity index is 1.49. The average Bonchev–Trinajstić information content (AvgIpc) is 3.46. The van der Waals surface area contributed by atoms with Crippen LogP contribution in [-0.2, 0) is 4.79 Å². The van der Waals surface area contributed by atoms with E-state index in [4.69, 9.17) is 21.1 Å². The molecule has 2 aromatic rings. The van der Waals surface area contributed by atoms with Crippen molar-refractivity contribution in [2.75, 3.05) is 20.3 Å². The molecule has 3 rings (SSSR count). The second kappa shape index (κ2) is 8.26. The predicted molar refractivity (Wildman–Crippen MR) is 98.4 cm³/mol. The Morgan fingerprint density at radius 2 is 1.76 bits per heavy atom. The third kappa shape index (κ3) is 4.89. The number of nitrogens with one attached hydrogen (secondary N) is 1. The van der Waals surface area contributed by atoms with E-state index in [9.17, 15) is 4.79 Å². The number of benzene rings is 2. The summed E-state index contributed by atoms with van der Waals surface area (Å²) in [6, 6.07) is 15.0. The zero-order chi connectivity index (χ0) is 17.6. The maximum Gasteiger partial charge on any atom is 0.227 e. The van der Waals surface area contributed by atoms with E-state index in [0.717, 1.165) is 29.9 Å². The molecular formula is C20H22ClNO3. The fourth-order valence-corrected chi connectivity index (χ4v) is 2.99. The van der Waals surface area contributed by atoms with Crippen LogP contribution >= 0.6 is 11.6 Å². The van der Waals surface area contributed by atoms with Crippen molar-refractivity contribution < 1.29 is 14.3 Å². The Hall–Kier alpha value is -2.20. The van der Waals surface area contributed by atoms with Gasteiger partial charge in [0, 0.05) is 5.02 Å². The molecule has 0 radical (unpaired) electrons. The standard InChI is InChI=1S/C20H22ClNO3/c1-24-17-8-10-18(11-9-17)25-13-12-22-20(23)19(14-2-3-14)15-4-6-16(21)7-5-15/h4-11,14,19H,2-3,12-13H2,1H3,(H,22,23). The summed E-state index contributed by atoms with van der Waals surface area (Å²) < 4.78 is 10.8. The van der Waals surface area contributed by atoms with Crippen molar-refractivity contribution >= 4 is 17.5 Å². The molecule has 0 aromatic heterocycles. The van der Waals surface area contributed by atoms with Gasteiger partial charge in [0.05, 0.1) is 19.6 Å². The molecule has 1 unspecified atom stereocenters. The highest BCUT2D eigenvalue weighted by Crippen LogP contribution is 2.42. The Bertz CT molecular complexity index is 696. The fraction of sp³-hybridized carbons (Fsp3) is 0.350. The first-order valence-corrected chi connectivity index (χ1v) is 8.85. The van der Waals surface area contributed by atoms with Gasteiger partial charge in [-0.15, -0.1) is 0 Å². The highest BCUT2D eigenvalue weighted by atomic mass is 35.5. The molecule has 0 bridgehead atoms. The molecule has 2 aromatic carbocycles. The third-order valence-corrected chi connectivity index (χ3v) is 4.59. The van der Waals surface area contributed by atoms with Crippen molar-refractivity contribution in [2.24, 2.45) is 5.92 Å². The van der Waals surface area contributed by atoms with Crippen molar-refractivity contribution in [1.29, 1.82) is 0 Å². The normalized spacial score (nSPS) is 14.6. The molecule has 1 aliphatic rings. The minimum absolute atomic E-state index is 0.0585. The SMILES string of the molecule is COc1ccc(OCCNC(=O)C(c2ccc(Cl)cc2)C2CC2)cc1. The highest BCUT2D eigenvalue weighted by Gasteiger charge is 2.37. The van der Waals surface area contributed by atoms with E-state index in [1.165, 1.54) is 0 Å². The first-order valence-electron chi connectivity index (χ1n) is 8.47. The van der Waals surface area contributed by atoms with Gasteiger partial charge < -0.3 is 14.8 Å². The number of halogens is 1. The van der Waals surface area contributed by atoms with E-state index in [-0.39, 0.29) is 11.8 Å². The summed E-state index contributed by atoms with van der Waals surface area (Å²) in [5.41, 5.74) is 1.03. The van der Waals surface area contributed by atoms with Gasteiger partial charge in [-0.2, -0.15) is 0 Å². The van der Waals surface area contributed by atoms with Gasteiger partial charge in [0.15, 0.2) is 0 Å². The fourth-order valence-electron chi connectivity index (χ4n) is 2.86. The van der Waals surface area contributed by atoms with Crippen LogP contribution in [0.1, 0.15) is 24.3 Å². The minimum Gasteiger partial charge on any atom is -0.497 e. The van der Waals surface area contributed by atoms with Crippen LogP contribution in [-0.4, -0.2) is 26.2 Å². The topological polar surface area (TPSA) is 47.6 Å². The summed E-state index contributed by atoms with van der Waals surface area (Å²) in [4.78, 5) is 12.6. The molecule has 1 amide bonds. The molecule has 1 aliphatic carbocycles. The summed E-state index contributed by atoms with van der Waals surface area (Å²) in [6.07, 6.45) is 2.20. The van der Waals surface area contributed by atoms with Gasteiger partial charge in [-0.1, -0.05) is 23.7 Å². The lowest BCUT2D eigenvalue weighted by atomic mass is 9.93. The zero-order valence-corrected chi connectivity index (χ0v) is 15.0. The van der Waals surface area contributed by atoms with Gasteiger partial charge >= 0.3 is 0 Å². The van der Waals surface area contributed by atoms with Gasteiger partial charge in [-0.05, 0) is 60.7 Å². The Morgan fingerprint density at radius 1 is 1.12 bits per heavy atom. The molecule has 5 heteroatoms. The predicted octanol–water partition coefficient (Wildman–Crippen LogP) is 4.04. The molecule has 1 saturated carbocycles. The first kappa shape index (κ1) is 17.6. The quantitative estimate of drug-likeness (QED) is 0.724. The molecule has 4 nitrogen and oxygen atoms in total. The lowest BCUT2D eigenvalue weighted by Crippen LogP contribution is -2.33. The summed E-state index contributed by atoms with van der Waals surface area (Å²) in [5.74, 6) is 1.94. The number of hydrogen-bond acceptors (Lipinski definition) is 3. The number of carbonyl (C=O) groups is 1. The van der Waals surface area contributed by atoms with Crippen LogP contribution in [0.4, 0.5) is 0 Å². The van der Waals surface area contributed by atoms with E-state index in [1.54, 1.807) is 7.11 Å². The lowest BCUT2D eigenvalue weighted by Gasteiger charge is -2.17. The van der Waals surface area contributed by atoms with Crippen LogP contribution in [0.25, 0.3) is 0 Å². The molecule has 132 valence electrons. The van der Waals surface area contributed by atoms with Crippen molar-refractivity contribution in [1.82, 2.24) is 5.32 Å². The molecule has 1 atom stereocenters. The first-order chi connectivity index (χ1) is 12.2. The Labute approximate surface area is 153 Å². The number of hydrogen-bond donors (Lipinski definition) is 1. The van der Waals surface area contributed by atoms with Crippen LogP contribution in [0.3, 0.4) is 0 Å². The van der Waals surface area contributed by atoms with Gasteiger partial charge in [-0.25, -0.2) is 0 Å².